The van der Waals surface area contributed by atoms with Crippen LogP contribution in [0, 0.1) is 6.92 Å². The number of para-hydroxylation sites is 1. The number of nitrogens with zero attached hydrogens (tertiary/aromatic N) is 2. The number of methoxy groups -OCH3 is 1. The van der Waals surface area contributed by atoms with Crippen LogP contribution in [0.25, 0.3) is 0 Å². The van der Waals surface area contributed by atoms with E-state index < -0.39 is 21.9 Å². The molecule has 0 atom stereocenters. The predicted octanol–water partition coefficient (Wildman–Crippen LogP) is 2.69. The zero-order valence-electron chi connectivity index (χ0n) is 15.4. The molecule has 0 bridgehead atoms. The molecule has 29 heavy (non-hydrogen) atoms. The van der Waals surface area contributed by atoms with Gasteiger partial charge in [0, 0.05) is 5.56 Å². The molecule has 0 saturated carbocycles. The van der Waals surface area contributed by atoms with Crippen LogP contribution in [0.5, 0.6) is 0 Å². The molecule has 0 spiro atoms. The van der Waals surface area contributed by atoms with Crippen LogP contribution in [0.1, 0.15) is 26.3 Å². The van der Waals surface area contributed by atoms with Gasteiger partial charge in [-0.15, -0.1) is 10.2 Å². The molecule has 0 fully saturated rings. The Morgan fingerprint density at radius 3 is 2.55 bits per heavy atom. The molecule has 9 nitrogen and oxygen atoms in total. The normalized spacial score (nSPS) is 11.0. The number of carbonyl (C=O) groups is 2. The summed E-state index contributed by atoms with van der Waals surface area (Å²) in [6.45, 7) is 1.85. The number of aromatic nitrogens is 2. The average molecular weight is 432 g/mol. The molecule has 0 aliphatic carbocycles. The number of rotatable bonds is 6. The molecule has 3 aromatic rings. The number of nitrogens with one attached hydrogen (secondary N) is 2. The van der Waals surface area contributed by atoms with Gasteiger partial charge < -0.3 is 4.74 Å². The maximum absolute atomic E-state index is 12.6. The van der Waals surface area contributed by atoms with Crippen LogP contribution in [0.3, 0.4) is 0 Å². The standard InChI is InChI=1S/C18H16N4O5S2/c1-11-6-5-7-12(10-11)15(23)19-17-20-21-18(28-17)29(25,26)22-14-9-4-3-8-13(14)16(24)27-2/h3-10,22H,1-2H3,(H,19,20,23). The maximum atomic E-state index is 12.6. The highest BCUT2D eigenvalue weighted by atomic mass is 32.2. The van der Waals surface area contributed by atoms with Gasteiger partial charge in [0.05, 0.1) is 18.4 Å². The Morgan fingerprint density at radius 2 is 1.83 bits per heavy atom. The van der Waals surface area contributed by atoms with Crippen LogP contribution in [0.2, 0.25) is 0 Å². The fraction of sp³-hybridized carbons (Fsp3) is 0.111. The molecule has 1 aromatic heterocycles. The van der Waals surface area contributed by atoms with E-state index >= 15 is 0 Å². The summed E-state index contributed by atoms with van der Waals surface area (Å²) in [6.07, 6.45) is 0. The molecular formula is C18H16N4O5S2. The third kappa shape index (κ3) is 4.76. The molecular weight excluding hydrogens is 416 g/mol. The number of benzene rings is 2. The molecule has 0 radical (unpaired) electrons. The second-order valence-corrected chi connectivity index (χ2v) is 8.67. The van der Waals surface area contributed by atoms with E-state index in [4.69, 9.17) is 0 Å². The van der Waals surface area contributed by atoms with E-state index in [0.29, 0.717) is 16.9 Å². The van der Waals surface area contributed by atoms with Crippen LogP contribution in [-0.4, -0.2) is 37.6 Å². The molecule has 1 heterocycles. The number of aryl methyl sites for hydroxylation is 1. The highest BCUT2D eigenvalue weighted by Crippen LogP contribution is 2.25. The number of ether oxygens (including phenoxy) is 1. The van der Waals surface area contributed by atoms with Crippen molar-refractivity contribution >= 4 is 44.1 Å². The van der Waals surface area contributed by atoms with Gasteiger partial charge in [-0.2, -0.15) is 8.42 Å². The number of carbonyl (C=O) groups excluding carboxylic acids is 2. The second-order valence-electron chi connectivity index (χ2n) is 5.84. The van der Waals surface area contributed by atoms with Gasteiger partial charge >= 0.3 is 5.97 Å². The van der Waals surface area contributed by atoms with Crippen molar-refractivity contribution in [3.8, 4) is 0 Å². The number of hydrogen-bond donors (Lipinski definition) is 2. The Kier molecular flexibility index (Phi) is 5.89. The van der Waals surface area contributed by atoms with Gasteiger partial charge in [0.15, 0.2) is 0 Å². The third-order valence-electron chi connectivity index (χ3n) is 3.71. The van der Waals surface area contributed by atoms with Crippen molar-refractivity contribution < 1.29 is 22.7 Å². The van der Waals surface area contributed by atoms with E-state index in [-0.39, 0.29) is 20.7 Å². The highest BCUT2D eigenvalue weighted by molar-refractivity contribution is 7.94. The summed E-state index contributed by atoms with van der Waals surface area (Å²) in [5.74, 6) is -1.12. The number of anilines is 2. The number of hydrogen-bond acceptors (Lipinski definition) is 8. The number of esters is 1. The van der Waals surface area contributed by atoms with Crippen LogP contribution in [0.4, 0.5) is 10.8 Å². The van der Waals surface area contributed by atoms with Crippen LogP contribution < -0.4 is 10.0 Å². The summed E-state index contributed by atoms with van der Waals surface area (Å²) in [7, 11) is -2.93. The molecule has 0 unspecified atom stereocenters. The lowest BCUT2D eigenvalue weighted by molar-refractivity contribution is 0.0602. The van der Waals surface area contributed by atoms with E-state index in [9.17, 15) is 18.0 Å². The minimum absolute atomic E-state index is 0.0261. The van der Waals surface area contributed by atoms with E-state index in [1.807, 2.05) is 13.0 Å². The lowest BCUT2D eigenvalue weighted by atomic mass is 10.1. The van der Waals surface area contributed by atoms with Gasteiger partial charge in [0.25, 0.3) is 20.3 Å². The topological polar surface area (TPSA) is 127 Å². The molecule has 0 aliphatic rings. The maximum Gasteiger partial charge on any atom is 0.339 e. The summed E-state index contributed by atoms with van der Waals surface area (Å²) in [4.78, 5) is 24.1. The summed E-state index contributed by atoms with van der Waals surface area (Å²) in [6, 6.07) is 12.9. The number of amides is 1. The van der Waals surface area contributed by atoms with Crippen molar-refractivity contribution in [2.75, 3.05) is 17.1 Å². The van der Waals surface area contributed by atoms with Gasteiger partial charge in [-0.05, 0) is 31.2 Å². The zero-order chi connectivity index (χ0) is 21.0. The fourth-order valence-electron chi connectivity index (χ4n) is 2.37. The summed E-state index contributed by atoms with van der Waals surface area (Å²) < 4.78 is 31.8. The van der Waals surface area contributed by atoms with Gasteiger partial charge in [-0.3, -0.25) is 14.8 Å². The van der Waals surface area contributed by atoms with Gasteiger partial charge in [-0.25, -0.2) is 4.79 Å². The van der Waals surface area contributed by atoms with Crippen LogP contribution >= 0.6 is 11.3 Å². The van der Waals surface area contributed by atoms with Crippen molar-refractivity contribution in [3.05, 3.63) is 65.2 Å². The Balaban J connectivity index is 1.79. The summed E-state index contributed by atoms with van der Waals surface area (Å²) in [5, 5.41) is 9.89. The third-order valence-corrected chi connectivity index (χ3v) is 6.29. The first kappa shape index (κ1) is 20.4. The first-order valence-corrected chi connectivity index (χ1v) is 10.5. The quantitative estimate of drug-likeness (QED) is 0.453. The minimum Gasteiger partial charge on any atom is -0.465 e. The SMILES string of the molecule is COC(=O)c1ccccc1NS(=O)(=O)c1nnc(NC(=O)c2cccc(C)c2)s1. The van der Waals surface area contributed by atoms with Crippen molar-refractivity contribution in [2.24, 2.45) is 0 Å². The number of sulfonamides is 1. The highest BCUT2D eigenvalue weighted by Gasteiger charge is 2.23. The minimum atomic E-state index is -4.13. The first-order chi connectivity index (χ1) is 13.8. The van der Waals surface area contributed by atoms with Gasteiger partial charge in [-0.1, -0.05) is 41.2 Å². The first-order valence-electron chi connectivity index (χ1n) is 8.22. The molecule has 11 heteroatoms. The van der Waals surface area contributed by atoms with Crippen LogP contribution in [-0.2, 0) is 14.8 Å². The monoisotopic (exact) mass is 432 g/mol. The van der Waals surface area contributed by atoms with E-state index in [0.717, 1.165) is 5.56 Å². The van der Waals surface area contributed by atoms with E-state index in [1.165, 1.54) is 19.2 Å². The predicted molar refractivity (Wildman–Crippen MR) is 108 cm³/mol. The summed E-state index contributed by atoms with van der Waals surface area (Å²) >= 11 is 0.685. The molecule has 1 amide bonds. The largest absolute Gasteiger partial charge is 0.465 e. The molecule has 150 valence electrons. The molecule has 2 aromatic carbocycles. The van der Waals surface area contributed by atoms with Crippen molar-refractivity contribution in [2.45, 2.75) is 11.3 Å². The van der Waals surface area contributed by atoms with Gasteiger partial charge in [0.2, 0.25) is 5.13 Å². The van der Waals surface area contributed by atoms with E-state index in [1.54, 1.807) is 30.3 Å². The Labute approximate surface area is 170 Å². The Morgan fingerprint density at radius 1 is 1.07 bits per heavy atom. The van der Waals surface area contributed by atoms with Crippen molar-refractivity contribution in [3.63, 3.8) is 0 Å². The van der Waals surface area contributed by atoms with E-state index in [2.05, 4.69) is 25.0 Å². The molecule has 2 N–H and O–H groups in total. The second kappa shape index (κ2) is 8.37. The lowest BCUT2D eigenvalue weighted by Crippen LogP contribution is -2.16. The molecule has 0 saturated heterocycles. The lowest BCUT2D eigenvalue weighted by Gasteiger charge is -2.09. The van der Waals surface area contributed by atoms with Crippen molar-refractivity contribution in [1.82, 2.24) is 10.2 Å². The fourth-order valence-corrected chi connectivity index (χ4v) is 4.35. The van der Waals surface area contributed by atoms with Crippen molar-refractivity contribution in [1.29, 1.82) is 0 Å². The molecule has 0 aliphatic heterocycles. The summed E-state index contributed by atoms with van der Waals surface area (Å²) in [5.41, 5.74) is 1.41. The van der Waals surface area contributed by atoms with Gasteiger partial charge in [0.1, 0.15) is 0 Å². The zero-order valence-corrected chi connectivity index (χ0v) is 17.0. The smallest absolute Gasteiger partial charge is 0.339 e. The molecule has 3 rings (SSSR count). The Hall–Kier alpha value is -3.31. The van der Waals surface area contributed by atoms with Crippen LogP contribution in [0.15, 0.2) is 52.9 Å². The average Bonchev–Trinajstić information content (AvgIpc) is 3.17. The Bertz CT molecular complexity index is 1170.